The highest BCUT2D eigenvalue weighted by atomic mass is 16.5. The lowest BCUT2D eigenvalue weighted by atomic mass is 10.0. The van der Waals surface area contributed by atoms with Gasteiger partial charge in [0.2, 0.25) is 0 Å². The van der Waals surface area contributed by atoms with E-state index in [1.807, 2.05) is 22.7 Å². The molecule has 1 fully saturated rings. The van der Waals surface area contributed by atoms with Crippen LogP contribution in [0, 0.1) is 5.92 Å². The van der Waals surface area contributed by atoms with E-state index in [4.69, 9.17) is 4.74 Å². The maximum Gasteiger partial charge on any atom is 0.161 e. The molecule has 3 heterocycles. The average Bonchev–Trinajstić information content (AvgIpc) is 2.96. The van der Waals surface area contributed by atoms with E-state index in [9.17, 15) is 0 Å². The fourth-order valence-corrected chi connectivity index (χ4v) is 2.63. The molecule has 1 aliphatic rings. The number of ether oxygens (including phenoxy) is 1. The van der Waals surface area contributed by atoms with E-state index >= 15 is 0 Å². The van der Waals surface area contributed by atoms with Gasteiger partial charge in [0.1, 0.15) is 11.6 Å². The van der Waals surface area contributed by atoms with Crippen LogP contribution >= 0.6 is 0 Å². The Morgan fingerprint density at radius 2 is 2.28 bits per heavy atom. The van der Waals surface area contributed by atoms with Crippen molar-refractivity contribution in [2.75, 3.05) is 27.2 Å². The van der Waals surface area contributed by atoms with E-state index in [1.54, 1.807) is 7.11 Å². The van der Waals surface area contributed by atoms with Crippen LogP contribution in [0.15, 0.2) is 18.3 Å². The topological polar surface area (TPSA) is 42.7 Å². The second-order valence-electron chi connectivity index (χ2n) is 5.03. The highest BCUT2D eigenvalue weighted by Crippen LogP contribution is 2.20. The Kier molecular flexibility index (Phi) is 2.91. The second-order valence-corrected chi connectivity index (χ2v) is 5.03. The van der Waals surface area contributed by atoms with Crippen LogP contribution in [0.5, 0.6) is 5.75 Å². The quantitative estimate of drug-likeness (QED) is 0.817. The van der Waals surface area contributed by atoms with Crippen molar-refractivity contribution >= 4 is 5.65 Å². The maximum atomic E-state index is 5.25. The van der Waals surface area contributed by atoms with E-state index in [2.05, 4.69) is 22.1 Å². The molecule has 0 saturated carbocycles. The largest absolute Gasteiger partial charge is 0.495 e. The Morgan fingerprint density at radius 1 is 1.39 bits per heavy atom. The molecule has 0 aliphatic carbocycles. The van der Waals surface area contributed by atoms with Crippen LogP contribution in [0.25, 0.3) is 5.65 Å². The first-order chi connectivity index (χ1) is 8.76. The molecule has 0 aromatic carbocycles. The molecule has 1 saturated heterocycles. The first kappa shape index (κ1) is 11.5. The molecule has 2 aromatic heterocycles. The van der Waals surface area contributed by atoms with Crippen molar-refractivity contribution in [1.82, 2.24) is 19.5 Å². The molecule has 1 aliphatic heterocycles. The summed E-state index contributed by atoms with van der Waals surface area (Å²) in [7, 11) is 3.85. The molecular formula is C13H18N4O. The zero-order chi connectivity index (χ0) is 12.5. The van der Waals surface area contributed by atoms with Crippen molar-refractivity contribution in [1.29, 1.82) is 0 Å². The molecule has 2 aromatic rings. The van der Waals surface area contributed by atoms with Crippen molar-refractivity contribution in [3.63, 3.8) is 0 Å². The summed E-state index contributed by atoms with van der Waals surface area (Å²) in [5.74, 6) is 2.56. The highest BCUT2D eigenvalue weighted by molar-refractivity contribution is 5.41. The third kappa shape index (κ3) is 2.06. The standard InChI is InChI=1S/C13H18N4O/c1-16-6-5-10(8-16)7-13-15-14-12-4-3-11(18-2)9-17(12)13/h3-4,9-10H,5-8H2,1-2H3. The van der Waals surface area contributed by atoms with Gasteiger partial charge in [0, 0.05) is 13.0 Å². The van der Waals surface area contributed by atoms with Crippen LogP contribution in [-0.2, 0) is 6.42 Å². The molecular weight excluding hydrogens is 228 g/mol. The van der Waals surface area contributed by atoms with E-state index in [-0.39, 0.29) is 0 Å². The lowest BCUT2D eigenvalue weighted by Gasteiger charge is -2.09. The van der Waals surface area contributed by atoms with E-state index < -0.39 is 0 Å². The number of fused-ring (bicyclic) bond motifs is 1. The minimum absolute atomic E-state index is 0.689. The van der Waals surface area contributed by atoms with Gasteiger partial charge in [0.05, 0.1) is 13.3 Å². The number of pyridine rings is 1. The molecule has 96 valence electrons. The molecule has 0 N–H and O–H groups in total. The second kappa shape index (κ2) is 4.57. The summed E-state index contributed by atoms with van der Waals surface area (Å²) in [6.45, 7) is 2.34. The number of nitrogens with zero attached hydrogens (tertiary/aromatic N) is 4. The minimum atomic E-state index is 0.689. The predicted molar refractivity (Wildman–Crippen MR) is 68.8 cm³/mol. The smallest absolute Gasteiger partial charge is 0.161 e. The molecule has 0 bridgehead atoms. The zero-order valence-electron chi connectivity index (χ0n) is 10.8. The fourth-order valence-electron chi connectivity index (χ4n) is 2.63. The molecule has 5 nitrogen and oxygen atoms in total. The van der Waals surface area contributed by atoms with Gasteiger partial charge in [-0.3, -0.25) is 4.40 Å². The van der Waals surface area contributed by atoms with Gasteiger partial charge in [-0.15, -0.1) is 10.2 Å². The first-order valence-electron chi connectivity index (χ1n) is 6.32. The SMILES string of the molecule is COc1ccc2nnc(CC3CCN(C)C3)n2c1. The number of aromatic nitrogens is 3. The summed E-state index contributed by atoms with van der Waals surface area (Å²) in [5.41, 5.74) is 0.886. The van der Waals surface area contributed by atoms with Gasteiger partial charge in [0.15, 0.2) is 5.65 Å². The summed E-state index contributed by atoms with van der Waals surface area (Å²) in [5, 5.41) is 8.50. The molecule has 1 unspecified atom stereocenters. The average molecular weight is 246 g/mol. The summed E-state index contributed by atoms with van der Waals surface area (Å²) >= 11 is 0. The maximum absolute atomic E-state index is 5.25. The molecule has 0 spiro atoms. The third-order valence-electron chi connectivity index (χ3n) is 3.64. The monoisotopic (exact) mass is 246 g/mol. The summed E-state index contributed by atoms with van der Waals surface area (Å²) in [6, 6.07) is 3.85. The van der Waals surface area contributed by atoms with Gasteiger partial charge in [-0.25, -0.2) is 0 Å². The molecule has 5 heteroatoms. The molecule has 0 radical (unpaired) electrons. The van der Waals surface area contributed by atoms with Gasteiger partial charge in [-0.05, 0) is 38.1 Å². The van der Waals surface area contributed by atoms with Crippen molar-refractivity contribution < 1.29 is 4.74 Å². The summed E-state index contributed by atoms with van der Waals surface area (Å²) < 4.78 is 7.29. The number of rotatable bonds is 3. The molecule has 18 heavy (non-hydrogen) atoms. The molecule has 0 amide bonds. The van der Waals surface area contributed by atoms with E-state index in [0.29, 0.717) is 5.92 Å². The highest BCUT2D eigenvalue weighted by Gasteiger charge is 2.21. The van der Waals surface area contributed by atoms with Crippen LogP contribution in [0.2, 0.25) is 0 Å². The molecule has 3 rings (SSSR count). The Hall–Kier alpha value is -1.62. The fraction of sp³-hybridized carbons (Fsp3) is 0.538. The van der Waals surface area contributed by atoms with Crippen LogP contribution in [-0.4, -0.2) is 46.7 Å². The van der Waals surface area contributed by atoms with E-state index in [0.717, 1.165) is 30.2 Å². The number of hydrogen-bond donors (Lipinski definition) is 0. The Balaban J connectivity index is 1.87. The summed E-state index contributed by atoms with van der Waals surface area (Å²) in [4.78, 5) is 2.37. The van der Waals surface area contributed by atoms with Gasteiger partial charge in [0.25, 0.3) is 0 Å². The van der Waals surface area contributed by atoms with E-state index in [1.165, 1.54) is 13.0 Å². The summed E-state index contributed by atoms with van der Waals surface area (Å²) in [6.07, 6.45) is 4.19. The van der Waals surface area contributed by atoms with Crippen LogP contribution in [0.4, 0.5) is 0 Å². The zero-order valence-corrected chi connectivity index (χ0v) is 10.8. The number of methoxy groups -OCH3 is 1. The van der Waals surface area contributed by atoms with Gasteiger partial charge in [-0.2, -0.15) is 0 Å². The lowest BCUT2D eigenvalue weighted by molar-refractivity contribution is 0.392. The van der Waals surface area contributed by atoms with Gasteiger partial charge in [-0.1, -0.05) is 0 Å². The van der Waals surface area contributed by atoms with Crippen molar-refractivity contribution in [3.8, 4) is 5.75 Å². The van der Waals surface area contributed by atoms with Crippen molar-refractivity contribution in [3.05, 3.63) is 24.2 Å². The van der Waals surface area contributed by atoms with Crippen LogP contribution in [0.3, 0.4) is 0 Å². The first-order valence-corrected chi connectivity index (χ1v) is 6.32. The Labute approximate surface area is 106 Å². The van der Waals surface area contributed by atoms with Gasteiger partial charge < -0.3 is 9.64 Å². The third-order valence-corrected chi connectivity index (χ3v) is 3.64. The van der Waals surface area contributed by atoms with Crippen LogP contribution in [0.1, 0.15) is 12.2 Å². The molecule has 1 atom stereocenters. The van der Waals surface area contributed by atoms with Crippen molar-refractivity contribution in [2.24, 2.45) is 5.92 Å². The minimum Gasteiger partial charge on any atom is -0.495 e. The predicted octanol–water partition coefficient (Wildman–Crippen LogP) is 1.23. The number of hydrogen-bond acceptors (Lipinski definition) is 4. The van der Waals surface area contributed by atoms with Gasteiger partial charge >= 0.3 is 0 Å². The van der Waals surface area contributed by atoms with Crippen LogP contribution < -0.4 is 4.74 Å². The Morgan fingerprint density at radius 3 is 3.00 bits per heavy atom. The normalized spacial score (nSPS) is 20.7. The van der Waals surface area contributed by atoms with Crippen molar-refractivity contribution in [2.45, 2.75) is 12.8 Å². The Bertz CT molecular complexity index is 551. The number of likely N-dealkylation sites (tertiary alicyclic amines) is 1. The lowest BCUT2D eigenvalue weighted by Crippen LogP contribution is -2.15.